The molecule has 2 aromatic rings. The molecule has 0 bridgehead atoms. The molecule has 212 valence electrons. The smallest absolute Gasteiger partial charge is 0.326 e. The fourth-order valence-corrected chi connectivity index (χ4v) is 3.76. The normalized spacial score (nSPS) is 14.8. The molecule has 0 radical (unpaired) electrons. The quantitative estimate of drug-likeness (QED) is 0.115. The SMILES string of the molecule is CC(O)C(NC(=O)C(N)Cc1c[nH]c2ccccc12)C(=O)NC(CCC(N)=O)C(=O)NC(CC(=O)O)C(=O)O. The zero-order valence-electron chi connectivity index (χ0n) is 21.0. The second-order valence-corrected chi connectivity index (χ2v) is 8.96. The van der Waals surface area contributed by atoms with Gasteiger partial charge in [0.25, 0.3) is 0 Å². The molecule has 15 nitrogen and oxygen atoms in total. The van der Waals surface area contributed by atoms with Crippen molar-refractivity contribution < 1.29 is 44.1 Å². The molecular formula is C24H32N6O9. The summed E-state index contributed by atoms with van der Waals surface area (Å²) in [5.74, 6) is -6.87. The van der Waals surface area contributed by atoms with Crippen molar-refractivity contribution in [1.82, 2.24) is 20.9 Å². The number of carbonyl (C=O) groups is 6. The van der Waals surface area contributed by atoms with E-state index in [-0.39, 0.29) is 12.8 Å². The number of rotatable bonds is 15. The Kier molecular flexibility index (Phi) is 10.9. The first-order valence-corrected chi connectivity index (χ1v) is 11.9. The summed E-state index contributed by atoms with van der Waals surface area (Å²) in [5.41, 5.74) is 12.8. The minimum Gasteiger partial charge on any atom is -0.481 e. The van der Waals surface area contributed by atoms with Gasteiger partial charge in [0, 0.05) is 23.5 Å². The lowest BCUT2D eigenvalue weighted by Crippen LogP contribution is -2.60. The van der Waals surface area contributed by atoms with Crippen molar-refractivity contribution in [2.75, 3.05) is 0 Å². The van der Waals surface area contributed by atoms with Crippen LogP contribution in [0.3, 0.4) is 0 Å². The molecular weight excluding hydrogens is 516 g/mol. The lowest BCUT2D eigenvalue weighted by atomic mass is 10.0. The number of nitrogens with one attached hydrogen (secondary N) is 4. The number of aliphatic hydroxyl groups excluding tert-OH is 1. The van der Waals surface area contributed by atoms with E-state index in [0.29, 0.717) is 0 Å². The highest BCUT2D eigenvalue weighted by Crippen LogP contribution is 2.18. The average Bonchev–Trinajstić information content (AvgIpc) is 3.26. The number of primary amides is 1. The summed E-state index contributed by atoms with van der Waals surface area (Å²) >= 11 is 0. The third kappa shape index (κ3) is 9.08. The van der Waals surface area contributed by atoms with Gasteiger partial charge in [-0.1, -0.05) is 18.2 Å². The van der Waals surface area contributed by atoms with Crippen LogP contribution < -0.4 is 27.4 Å². The van der Waals surface area contributed by atoms with E-state index in [4.69, 9.17) is 16.6 Å². The Labute approximate surface area is 222 Å². The van der Waals surface area contributed by atoms with Crippen LogP contribution in [-0.2, 0) is 35.2 Å². The second kappa shape index (κ2) is 13.9. The van der Waals surface area contributed by atoms with Crippen LogP contribution in [0.5, 0.6) is 0 Å². The summed E-state index contributed by atoms with van der Waals surface area (Å²) in [6.45, 7) is 1.21. The molecule has 0 aliphatic carbocycles. The minimum absolute atomic E-state index is 0.105. The van der Waals surface area contributed by atoms with Gasteiger partial charge < -0.3 is 47.7 Å². The fraction of sp³-hybridized carbons (Fsp3) is 0.417. The van der Waals surface area contributed by atoms with Gasteiger partial charge in [-0.2, -0.15) is 0 Å². The van der Waals surface area contributed by atoms with E-state index in [1.807, 2.05) is 29.6 Å². The van der Waals surface area contributed by atoms with Crippen LogP contribution in [0.4, 0.5) is 0 Å². The highest BCUT2D eigenvalue weighted by molar-refractivity contribution is 5.95. The number of aliphatic carboxylic acids is 2. The van der Waals surface area contributed by atoms with Crippen molar-refractivity contribution in [2.24, 2.45) is 11.5 Å². The van der Waals surface area contributed by atoms with E-state index >= 15 is 0 Å². The van der Waals surface area contributed by atoms with Gasteiger partial charge in [0.1, 0.15) is 18.1 Å². The van der Waals surface area contributed by atoms with E-state index in [2.05, 4.69) is 15.6 Å². The van der Waals surface area contributed by atoms with Crippen molar-refractivity contribution >= 4 is 46.5 Å². The predicted octanol–water partition coefficient (Wildman–Crippen LogP) is -2.30. The van der Waals surface area contributed by atoms with E-state index < -0.39 is 78.7 Å². The Bertz CT molecular complexity index is 1230. The maximum Gasteiger partial charge on any atom is 0.326 e. The molecule has 5 unspecified atom stereocenters. The number of benzene rings is 1. The van der Waals surface area contributed by atoms with Crippen LogP contribution in [0.15, 0.2) is 30.5 Å². The van der Waals surface area contributed by atoms with Gasteiger partial charge in [-0.05, 0) is 31.4 Å². The maximum absolute atomic E-state index is 13.0. The molecule has 1 aromatic carbocycles. The van der Waals surface area contributed by atoms with Gasteiger partial charge in [0.05, 0.1) is 18.6 Å². The van der Waals surface area contributed by atoms with Crippen molar-refractivity contribution in [2.45, 2.75) is 62.9 Å². The lowest BCUT2D eigenvalue weighted by molar-refractivity contribution is -0.147. The van der Waals surface area contributed by atoms with Gasteiger partial charge in [-0.3, -0.25) is 24.0 Å². The standard InChI is InChI=1S/C24H32N6O9/c1-11(31)20(30-21(35)14(25)8-12-10-27-15-5-3-2-4-13(12)15)23(37)28-16(6-7-18(26)32)22(36)29-17(24(38)39)9-19(33)34/h2-5,10-11,14,16-17,20,27,31H,6-9,25H2,1H3,(H2,26,32)(H,28,37)(H,29,36)(H,30,35)(H,33,34)(H,38,39). The van der Waals surface area contributed by atoms with Gasteiger partial charge in [-0.25, -0.2) is 4.79 Å². The topological polar surface area (TPSA) is 267 Å². The number of hydrogen-bond donors (Lipinski definition) is 9. The monoisotopic (exact) mass is 548 g/mol. The van der Waals surface area contributed by atoms with E-state index in [1.54, 1.807) is 6.20 Å². The molecule has 15 heteroatoms. The van der Waals surface area contributed by atoms with E-state index in [9.17, 15) is 39.0 Å². The summed E-state index contributed by atoms with van der Waals surface area (Å²) in [7, 11) is 0. The summed E-state index contributed by atoms with van der Waals surface area (Å²) in [6, 6.07) is 1.31. The highest BCUT2D eigenvalue weighted by atomic mass is 16.4. The first-order valence-electron chi connectivity index (χ1n) is 11.9. The van der Waals surface area contributed by atoms with Crippen LogP contribution >= 0.6 is 0 Å². The molecule has 1 aromatic heterocycles. The van der Waals surface area contributed by atoms with Crippen molar-refractivity contribution in [3.63, 3.8) is 0 Å². The van der Waals surface area contributed by atoms with Crippen LogP contribution in [0, 0.1) is 0 Å². The first kappa shape index (κ1) is 30.7. The molecule has 2 rings (SSSR count). The third-order valence-electron chi connectivity index (χ3n) is 5.82. The van der Waals surface area contributed by atoms with Crippen molar-refractivity contribution in [1.29, 1.82) is 0 Å². The molecule has 0 fully saturated rings. The molecule has 0 saturated heterocycles. The largest absolute Gasteiger partial charge is 0.481 e. The summed E-state index contributed by atoms with van der Waals surface area (Å²) in [5, 5.41) is 35.6. The Hall–Kier alpha value is -4.50. The summed E-state index contributed by atoms with van der Waals surface area (Å²) < 4.78 is 0. The summed E-state index contributed by atoms with van der Waals surface area (Å²) in [6.07, 6.45) is -1.35. The van der Waals surface area contributed by atoms with Crippen LogP contribution in [0.1, 0.15) is 31.7 Å². The van der Waals surface area contributed by atoms with Crippen molar-refractivity contribution in [3.05, 3.63) is 36.0 Å². The van der Waals surface area contributed by atoms with Crippen molar-refractivity contribution in [3.8, 4) is 0 Å². The Morgan fingerprint density at radius 2 is 1.59 bits per heavy atom. The molecule has 0 spiro atoms. The fourth-order valence-electron chi connectivity index (χ4n) is 3.76. The Morgan fingerprint density at radius 1 is 0.949 bits per heavy atom. The third-order valence-corrected chi connectivity index (χ3v) is 5.82. The minimum atomic E-state index is -1.82. The Balaban J connectivity index is 2.12. The molecule has 0 aliphatic rings. The zero-order chi connectivity index (χ0) is 29.3. The number of H-pyrrole nitrogens is 1. The predicted molar refractivity (Wildman–Crippen MR) is 136 cm³/mol. The molecule has 0 aliphatic heterocycles. The molecule has 5 atom stereocenters. The number of carbonyl (C=O) groups excluding carboxylic acids is 4. The highest BCUT2D eigenvalue weighted by Gasteiger charge is 2.33. The molecule has 4 amide bonds. The molecule has 39 heavy (non-hydrogen) atoms. The number of nitrogens with two attached hydrogens (primary N) is 2. The number of fused-ring (bicyclic) bond motifs is 1. The number of aromatic amines is 1. The molecule has 11 N–H and O–H groups in total. The zero-order valence-corrected chi connectivity index (χ0v) is 21.0. The second-order valence-electron chi connectivity index (χ2n) is 8.96. The number of para-hydroxylation sites is 1. The number of hydrogen-bond acceptors (Lipinski definition) is 8. The number of carboxylic acids is 2. The van der Waals surface area contributed by atoms with Crippen LogP contribution in [0.25, 0.3) is 10.9 Å². The average molecular weight is 549 g/mol. The van der Waals surface area contributed by atoms with Crippen LogP contribution in [0.2, 0.25) is 0 Å². The van der Waals surface area contributed by atoms with Gasteiger partial charge >= 0.3 is 11.9 Å². The van der Waals surface area contributed by atoms with Gasteiger partial charge in [0.2, 0.25) is 23.6 Å². The molecule has 0 saturated carbocycles. The summed E-state index contributed by atoms with van der Waals surface area (Å²) in [4.78, 5) is 75.0. The van der Waals surface area contributed by atoms with E-state index in [0.717, 1.165) is 16.5 Å². The van der Waals surface area contributed by atoms with Gasteiger partial charge in [0.15, 0.2) is 0 Å². The lowest BCUT2D eigenvalue weighted by Gasteiger charge is -2.26. The number of aliphatic hydroxyl groups is 1. The number of amides is 4. The Morgan fingerprint density at radius 3 is 2.18 bits per heavy atom. The first-order chi connectivity index (χ1) is 18.3. The van der Waals surface area contributed by atoms with Gasteiger partial charge in [-0.15, -0.1) is 0 Å². The number of carboxylic acid groups (broad SMARTS) is 2. The van der Waals surface area contributed by atoms with E-state index in [1.165, 1.54) is 6.92 Å². The maximum atomic E-state index is 13.0. The molecule has 1 heterocycles. The van der Waals surface area contributed by atoms with Crippen LogP contribution in [-0.4, -0.2) is 86.1 Å². The number of aromatic nitrogens is 1.